The normalized spacial score (nSPS) is 12.6. The summed E-state index contributed by atoms with van der Waals surface area (Å²) in [6.07, 6.45) is 48.9. The molecule has 53 heavy (non-hydrogen) atoms. The molecule has 0 fully saturated rings. The summed E-state index contributed by atoms with van der Waals surface area (Å²) in [6, 6.07) is 0. The molecule has 0 heterocycles. The summed E-state index contributed by atoms with van der Waals surface area (Å²) >= 11 is 0. The van der Waals surface area contributed by atoms with E-state index in [4.69, 9.17) is 9.47 Å². The predicted octanol–water partition coefficient (Wildman–Crippen LogP) is 15.3. The van der Waals surface area contributed by atoms with E-state index >= 15 is 0 Å². The molecule has 0 amide bonds. The molecule has 5 heteroatoms. The lowest BCUT2D eigenvalue weighted by Gasteiger charge is -2.12. The number of ether oxygens (including phenoxy) is 2. The third-order valence-electron chi connectivity index (χ3n) is 11.4. The Hall–Kier alpha value is -1.10. The molecule has 0 aliphatic rings. The first-order valence-corrected chi connectivity index (χ1v) is 24.0. The Morgan fingerprint density at radius 2 is 0.642 bits per heavy atom. The zero-order valence-electron chi connectivity index (χ0n) is 36.2. The summed E-state index contributed by atoms with van der Waals surface area (Å²) in [5.41, 5.74) is 0. The minimum Gasteiger partial charge on any atom is -0.463 e. The van der Waals surface area contributed by atoms with Gasteiger partial charge in [0.25, 0.3) is 0 Å². The monoisotopic (exact) mass is 751 g/mol. The Labute approximate surface area is 331 Å². The minimum absolute atomic E-state index is 0.107. The van der Waals surface area contributed by atoms with Gasteiger partial charge in [-0.05, 0) is 18.8 Å². The molecule has 0 aliphatic carbocycles. The van der Waals surface area contributed by atoms with Gasteiger partial charge >= 0.3 is 11.9 Å². The predicted molar refractivity (Wildman–Crippen MR) is 228 cm³/mol. The van der Waals surface area contributed by atoms with Gasteiger partial charge in [-0.1, -0.05) is 245 Å². The molecule has 0 aromatic heterocycles. The molecule has 2 atom stereocenters. The fourth-order valence-corrected chi connectivity index (χ4v) is 7.36. The van der Waals surface area contributed by atoms with Gasteiger partial charge in [-0.15, -0.1) is 0 Å². The van der Waals surface area contributed by atoms with E-state index in [0.29, 0.717) is 12.8 Å². The quantitative estimate of drug-likeness (QED) is 0.0496. The summed E-state index contributed by atoms with van der Waals surface area (Å²) < 4.78 is 10.4. The van der Waals surface area contributed by atoms with Gasteiger partial charge < -0.3 is 14.6 Å². The van der Waals surface area contributed by atoms with E-state index in [-0.39, 0.29) is 25.2 Å². The van der Waals surface area contributed by atoms with Gasteiger partial charge in [0.2, 0.25) is 0 Å². The highest BCUT2D eigenvalue weighted by Crippen LogP contribution is 2.18. The third-order valence-corrected chi connectivity index (χ3v) is 11.4. The minimum atomic E-state index is -0.956. The maximum atomic E-state index is 12.0. The SMILES string of the molecule is CCCCCCCCCCCCCCCCCCCC(=O)OC[C@@H](O)COC(=O)CCCCCCCCCCCCCCCCCCCCC(C)CC. The van der Waals surface area contributed by atoms with Crippen LogP contribution in [0.15, 0.2) is 0 Å². The van der Waals surface area contributed by atoms with Crippen molar-refractivity contribution in [2.45, 2.75) is 277 Å². The maximum Gasteiger partial charge on any atom is 0.305 e. The molecule has 316 valence electrons. The summed E-state index contributed by atoms with van der Waals surface area (Å²) in [6.45, 7) is 6.75. The number of carbonyl (C=O) groups is 2. The molecule has 1 unspecified atom stereocenters. The van der Waals surface area contributed by atoms with Crippen LogP contribution in [0.1, 0.15) is 271 Å². The number of hydrogen-bond acceptors (Lipinski definition) is 5. The smallest absolute Gasteiger partial charge is 0.305 e. The molecule has 0 aromatic rings. The fourth-order valence-electron chi connectivity index (χ4n) is 7.36. The number of unbranched alkanes of at least 4 members (excludes halogenated alkanes) is 33. The van der Waals surface area contributed by atoms with E-state index in [9.17, 15) is 14.7 Å². The molecule has 0 spiro atoms. The van der Waals surface area contributed by atoms with Crippen LogP contribution in [0.5, 0.6) is 0 Å². The van der Waals surface area contributed by atoms with Crippen LogP contribution in [0, 0.1) is 5.92 Å². The van der Waals surface area contributed by atoms with Gasteiger partial charge in [-0.2, -0.15) is 0 Å². The number of carbonyl (C=O) groups excluding carboxylic acids is 2. The first-order chi connectivity index (χ1) is 26.0. The zero-order valence-corrected chi connectivity index (χ0v) is 36.2. The van der Waals surface area contributed by atoms with Crippen molar-refractivity contribution in [3.05, 3.63) is 0 Å². The highest BCUT2D eigenvalue weighted by Gasteiger charge is 2.12. The lowest BCUT2D eigenvalue weighted by molar-refractivity contribution is -0.152. The van der Waals surface area contributed by atoms with Crippen molar-refractivity contribution in [2.24, 2.45) is 5.92 Å². The van der Waals surface area contributed by atoms with E-state index in [0.717, 1.165) is 31.6 Å². The van der Waals surface area contributed by atoms with Gasteiger partial charge in [0.15, 0.2) is 0 Å². The van der Waals surface area contributed by atoms with Crippen LogP contribution in [0.4, 0.5) is 0 Å². The Balaban J connectivity index is 3.34. The van der Waals surface area contributed by atoms with Gasteiger partial charge in [-0.3, -0.25) is 9.59 Å². The number of aliphatic hydroxyl groups is 1. The molecule has 0 bridgehead atoms. The first kappa shape index (κ1) is 51.9. The summed E-state index contributed by atoms with van der Waals surface area (Å²) in [5, 5.41) is 10.1. The Bertz CT molecular complexity index is 739. The number of rotatable bonds is 44. The van der Waals surface area contributed by atoms with Crippen LogP contribution in [0.2, 0.25) is 0 Å². The van der Waals surface area contributed by atoms with Crippen molar-refractivity contribution in [3.63, 3.8) is 0 Å². The second-order valence-corrected chi connectivity index (χ2v) is 16.8. The van der Waals surface area contributed by atoms with E-state index in [1.54, 1.807) is 0 Å². The molecular formula is C48H94O5. The summed E-state index contributed by atoms with van der Waals surface area (Å²) in [7, 11) is 0. The van der Waals surface area contributed by atoms with Crippen LogP contribution in [-0.2, 0) is 19.1 Å². The molecular weight excluding hydrogens is 657 g/mol. The van der Waals surface area contributed by atoms with Crippen molar-refractivity contribution in [1.29, 1.82) is 0 Å². The highest BCUT2D eigenvalue weighted by molar-refractivity contribution is 5.69. The second-order valence-electron chi connectivity index (χ2n) is 16.8. The lowest BCUT2D eigenvalue weighted by Crippen LogP contribution is -2.25. The zero-order chi connectivity index (χ0) is 38.7. The highest BCUT2D eigenvalue weighted by atomic mass is 16.6. The molecule has 0 rings (SSSR count). The van der Waals surface area contributed by atoms with Crippen molar-refractivity contribution in [2.75, 3.05) is 13.2 Å². The van der Waals surface area contributed by atoms with Crippen LogP contribution < -0.4 is 0 Å². The van der Waals surface area contributed by atoms with Gasteiger partial charge in [-0.25, -0.2) is 0 Å². The van der Waals surface area contributed by atoms with Crippen molar-refractivity contribution in [1.82, 2.24) is 0 Å². The number of aliphatic hydroxyl groups excluding tert-OH is 1. The van der Waals surface area contributed by atoms with E-state index < -0.39 is 6.10 Å². The topological polar surface area (TPSA) is 72.8 Å². The Kier molecular flexibility index (Phi) is 42.7. The van der Waals surface area contributed by atoms with Crippen molar-refractivity contribution >= 4 is 11.9 Å². The first-order valence-electron chi connectivity index (χ1n) is 24.0. The lowest BCUT2D eigenvalue weighted by atomic mass is 9.99. The molecule has 0 aliphatic heterocycles. The van der Waals surface area contributed by atoms with Crippen LogP contribution >= 0.6 is 0 Å². The Morgan fingerprint density at radius 1 is 0.396 bits per heavy atom. The molecule has 0 radical (unpaired) electrons. The molecule has 1 N–H and O–H groups in total. The maximum absolute atomic E-state index is 12.0. The van der Waals surface area contributed by atoms with Gasteiger partial charge in [0.05, 0.1) is 0 Å². The van der Waals surface area contributed by atoms with Crippen molar-refractivity contribution in [3.8, 4) is 0 Å². The number of esters is 2. The van der Waals surface area contributed by atoms with E-state index in [2.05, 4.69) is 20.8 Å². The number of hydrogen-bond donors (Lipinski definition) is 1. The van der Waals surface area contributed by atoms with Gasteiger partial charge in [0.1, 0.15) is 19.3 Å². The third kappa shape index (κ3) is 43.5. The van der Waals surface area contributed by atoms with E-state index in [1.165, 1.54) is 212 Å². The second kappa shape index (κ2) is 43.6. The molecule has 0 aromatic carbocycles. The summed E-state index contributed by atoms with van der Waals surface area (Å²) in [4.78, 5) is 24.1. The van der Waals surface area contributed by atoms with E-state index in [1.807, 2.05) is 0 Å². The average molecular weight is 751 g/mol. The van der Waals surface area contributed by atoms with Crippen LogP contribution in [0.3, 0.4) is 0 Å². The molecule has 0 saturated carbocycles. The van der Waals surface area contributed by atoms with Gasteiger partial charge in [0, 0.05) is 12.8 Å². The van der Waals surface area contributed by atoms with Crippen LogP contribution in [0.25, 0.3) is 0 Å². The molecule has 0 saturated heterocycles. The largest absolute Gasteiger partial charge is 0.463 e. The standard InChI is InChI=1S/C48H94O5/c1-4-6-7-8-9-10-11-12-13-16-20-23-26-29-32-35-38-41-47(50)52-43-46(49)44-53-48(51)42-39-36-33-30-27-24-21-18-15-14-17-19-22-25-28-31-34-37-40-45(3)5-2/h45-46,49H,4-44H2,1-3H3/t45?,46-/m1/s1. The average Bonchev–Trinajstić information content (AvgIpc) is 3.16. The molecule has 5 nitrogen and oxygen atoms in total. The van der Waals surface area contributed by atoms with Crippen LogP contribution in [-0.4, -0.2) is 36.4 Å². The fraction of sp³-hybridized carbons (Fsp3) is 0.958. The van der Waals surface area contributed by atoms with Crippen molar-refractivity contribution < 1.29 is 24.2 Å². The summed E-state index contributed by atoms with van der Waals surface area (Å²) in [5.74, 6) is 0.371. The Morgan fingerprint density at radius 3 is 0.906 bits per heavy atom.